The monoisotopic (exact) mass is 265 g/mol. The Labute approximate surface area is 110 Å². The smallest absolute Gasteiger partial charge is 0.328 e. The second-order valence-electron chi connectivity index (χ2n) is 4.06. The second-order valence-corrected chi connectivity index (χ2v) is 4.06. The van der Waals surface area contributed by atoms with Gasteiger partial charge in [-0.2, -0.15) is 0 Å². The molecule has 5 heteroatoms. The molecule has 0 aliphatic heterocycles. The third-order valence-electron chi connectivity index (χ3n) is 2.45. The van der Waals surface area contributed by atoms with Crippen molar-refractivity contribution in [2.24, 2.45) is 0 Å². The third kappa shape index (κ3) is 5.33. The van der Waals surface area contributed by atoms with Gasteiger partial charge in [-0.05, 0) is 30.7 Å². The molecule has 0 spiro atoms. The first-order valence-corrected chi connectivity index (χ1v) is 6.03. The van der Waals surface area contributed by atoms with E-state index in [9.17, 15) is 14.0 Å². The van der Waals surface area contributed by atoms with Gasteiger partial charge in [0.05, 0.1) is 0 Å². The first kappa shape index (κ1) is 14.9. The lowest BCUT2D eigenvalue weighted by Gasteiger charge is -2.06. The highest BCUT2D eigenvalue weighted by molar-refractivity contribution is 5.91. The maximum Gasteiger partial charge on any atom is 0.328 e. The zero-order valence-corrected chi connectivity index (χ0v) is 10.6. The fourth-order valence-electron chi connectivity index (χ4n) is 1.46. The summed E-state index contributed by atoms with van der Waals surface area (Å²) in [7, 11) is 0. The molecule has 19 heavy (non-hydrogen) atoms. The molecule has 1 amide bonds. The lowest BCUT2D eigenvalue weighted by Crippen LogP contribution is -2.11. The van der Waals surface area contributed by atoms with Crippen molar-refractivity contribution in [1.82, 2.24) is 0 Å². The number of carboxylic acid groups (broad SMARTS) is 1. The van der Waals surface area contributed by atoms with Crippen LogP contribution in [0.4, 0.5) is 10.1 Å². The Hall–Kier alpha value is -2.17. The molecule has 4 nitrogen and oxygen atoms in total. The van der Waals surface area contributed by atoms with Crippen molar-refractivity contribution in [3.63, 3.8) is 0 Å². The third-order valence-corrected chi connectivity index (χ3v) is 2.45. The highest BCUT2D eigenvalue weighted by Gasteiger charge is 2.05. The Morgan fingerprint density at radius 2 is 2.16 bits per heavy atom. The van der Waals surface area contributed by atoms with Crippen LogP contribution in [-0.2, 0) is 9.59 Å². The molecule has 0 saturated heterocycles. The molecule has 0 aliphatic rings. The van der Waals surface area contributed by atoms with Gasteiger partial charge in [-0.3, -0.25) is 4.79 Å². The van der Waals surface area contributed by atoms with Crippen LogP contribution in [0.1, 0.15) is 31.7 Å². The summed E-state index contributed by atoms with van der Waals surface area (Å²) in [6, 6.07) is 4.13. The van der Waals surface area contributed by atoms with Crippen molar-refractivity contribution in [3.8, 4) is 0 Å². The molecule has 0 aromatic heterocycles. The van der Waals surface area contributed by atoms with Crippen LogP contribution in [0, 0.1) is 5.82 Å². The lowest BCUT2D eigenvalue weighted by atomic mass is 10.1. The molecule has 0 heterocycles. The number of unbranched alkanes of at least 4 members (excludes halogenated alkanes) is 1. The Bertz CT molecular complexity index is 497. The molecule has 0 unspecified atom stereocenters. The van der Waals surface area contributed by atoms with Crippen LogP contribution in [-0.4, -0.2) is 17.0 Å². The van der Waals surface area contributed by atoms with E-state index >= 15 is 0 Å². The molecule has 2 N–H and O–H groups in total. The van der Waals surface area contributed by atoms with Crippen molar-refractivity contribution in [1.29, 1.82) is 0 Å². The Balaban J connectivity index is 2.71. The first-order chi connectivity index (χ1) is 9.02. The number of rotatable bonds is 6. The molecule has 1 aromatic rings. The molecule has 0 bridgehead atoms. The van der Waals surface area contributed by atoms with E-state index in [1.807, 2.05) is 6.92 Å². The van der Waals surface area contributed by atoms with Gasteiger partial charge in [0.15, 0.2) is 0 Å². The number of carbonyl (C=O) groups is 2. The Morgan fingerprint density at radius 1 is 1.42 bits per heavy atom. The largest absolute Gasteiger partial charge is 0.478 e. The van der Waals surface area contributed by atoms with Crippen LogP contribution < -0.4 is 5.32 Å². The van der Waals surface area contributed by atoms with Crippen molar-refractivity contribution >= 4 is 23.6 Å². The van der Waals surface area contributed by atoms with Gasteiger partial charge in [-0.25, -0.2) is 9.18 Å². The van der Waals surface area contributed by atoms with Crippen molar-refractivity contribution in [3.05, 3.63) is 35.7 Å². The number of hydrogen-bond acceptors (Lipinski definition) is 2. The minimum absolute atomic E-state index is 0.157. The van der Waals surface area contributed by atoms with Crippen LogP contribution >= 0.6 is 0 Å². The highest BCUT2D eigenvalue weighted by Crippen LogP contribution is 2.16. The number of nitrogens with one attached hydrogen (secondary N) is 1. The number of carboxylic acids is 1. The van der Waals surface area contributed by atoms with Crippen molar-refractivity contribution in [2.45, 2.75) is 26.2 Å². The van der Waals surface area contributed by atoms with Crippen molar-refractivity contribution in [2.75, 3.05) is 5.32 Å². The molecule has 0 fully saturated rings. The van der Waals surface area contributed by atoms with Gasteiger partial charge in [0.1, 0.15) is 5.82 Å². The van der Waals surface area contributed by atoms with Crippen LogP contribution in [0.5, 0.6) is 0 Å². The zero-order valence-electron chi connectivity index (χ0n) is 10.6. The highest BCUT2D eigenvalue weighted by atomic mass is 19.1. The standard InChI is InChI=1S/C14H16FNO3/c1-2-3-4-13(17)16-11-7-5-10(12(15)9-11)6-8-14(18)19/h5-9H,2-4H2,1H3,(H,16,17)(H,18,19). The summed E-state index contributed by atoms with van der Waals surface area (Å²) in [5.41, 5.74) is 0.528. The average Bonchev–Trinajstić information content (AvgIpc) is 2.35. The first-order valence-electron chi connectivity index (χ1n) is 6.03. The number of anilines is 1. The summed E-state index contributed by atoms with van der Waals surface area (Å²) in [6.45, 7) is 1.98. The normalized spacial score (nSPS) is 10.6. The number of aliphatic carboxylic acids is 1. The number of halogens is 1. The Morgan fingerprint density at radius 3 is 2.74 bits per heavy atom. The van der Waals surface area contributed by atoms with E-state index in [0.29, 0.717) is 12.1 Å². The average molecular weight is 265 g/mol. The molecule has 0 atom stereocenters. The van der Waals surface area contributed by atoms with Gasteiger partial charge >= 0.3 is 5.97 Å². The summed E-state index contributed by atoms with van der Waals surface area (Å²) in [4.78, 5) is 21.8. The maximum atomic E-state index is 13.6. The van der Waals surface area contributed by atoms with E-state index in [4.69, 9.17) is 5.11 Å². The predicted octanol–water partition coefficient (Wildman–Crippen LogP) is 3.05. The van der Waals surface area contributed by atoms with E-state index in [1.54, 1.807) is 0 Å². The summed E-state index contributed by atoms with van der Waals surface area (Å²) < 4.78 is 13.6. The number of hydrogen-bond donors (Lipinski definition) is 2. The SMILES string of the molecule is CCCCC(=O)Nc1ccc(C=CC(=O)O)c(F)c1. The van der Waals surface area contributed by atoms with E-state index < -0.39 is 11.8 Å². The second kappa shape index (κ2) is 7.31. The zero-order chi connectivity index (χ0) is 14.3. The van der Waals surface area contributed by atoms with Gasteiger partial charge < -0.3 is 10.4 Å². The van der Waals surface area contributed by atoms with Crippen LogP contribution in [0.3, 0.4) is 0 Å². The molecule has 0 saturated carbocycles. The summed E-state index contributed by atoms with van der Waals surface area (Å²) >= 11 is 0. The number of carbonyl (C=O) groups excluding carboxylic acids is 1. The number of benzene rings is 1. The van der Waals surface area contributed by atoms with Gasteiger partial charge in [0.2, 0.25) is 5.91 Å². The molecule has 1 rings (SSSR count). The molecular formula is C14H16FNO3. The Kier molecular flexibility index (Phi) is 5.73. The van der Waals surface area contributed by atoms with E-state index in [1.165, 1.54) is 24.3 Å². The fourth-order valence-corrected chi connectivity index (χ4v) is 1.46. The summed E-state index contributed by atoms with van der Waals surface area (Å²) in [6.07, 6.45) is 4.13. The minimum atomic E-state index is -1.14. The molecule has 102 valence electrons. The molecular weight excluding hydrogens is 249 g/mol. The summed E-state index contributed by atoms with van der Waals surface area (Å²) in [5.74, 6) is -1.88. The summed E-state index contributed by atoms with van der Waals surface area (Å²) in [5, 5.41) is 11.0. The van der Waals surface area contributed by atoms with Crippen LogP contribution in [0.15, 0.2) is 24.3 Å². The molecule has 1 aromatic carbocycles. The van der Waals surface area contributed by atoms with E-state index in [0.717, 1.165) is 18.9 Å². The van der Waals surface area contributed by atoms with E-state index in [2.05, 4.69) is 5.32 Å². The van der Waals surface area contributed by atoms with E-state index in [-0.39, 0.29) is 11.5 Å². The van der Waals surface area contributed by atoms with Gasteiger partial charge in [-0.15, -0.1) is 0 Å². The minimum Gasteiger partial charge on any atom is -0.478 e. The van der Waals surface area contributed by atoms with Gasteiger partial charge in [0.25, 0.3) is 0 Å². The maximum absolute atomic E-state index is 13.6. The lowest BCUT2D eigenvalue weighted by molar-refractivity contribution is -0.131. The predicted molar refractivity (Wildman–Crippen MR) is 71.2 cm³/mol. The van der Waals surface area contributed by atoms with Gasteiger partial charge in [-0.1, -0.05) is 13.3 Å². The van der Waals surface area contributed by atoms with Crippen molar-refractivity contribution < 1.29 is 19.1 Å². The quantitative estimate of drug-likeness (QED) is 0.777. The molecule has 0 radical (unpaired) electrons. The topological polar surface area (TPSA) is 66.4 Å². The van der Waals surface area contributed by atoms with Gasteiger partial charge in [0, 0.05) is 23.7 Å². The number of amides is 1. The van der Waals surface area contributed by atoms with Crippen LogP contribution in [0.2, 0.25) is 0 Å². The van der Waals surface area contributed by atoms with Crippen LogP contribution in [0.25, 0.3) is 6.08 Å². The fraction of sp³-hybridized carbons (Fsp3) is 0.286. The molecule has 0 aliphatic carbocycles.